The predicted octanol–water partition coefficient (Wildman–Crippen LogP) is 25.4. The van der Waals surface area contributed by atoms with Crippen LogP contribution in [0.2, 0.25) is 0 Å². The average Bonchev–Trinajstić information content (AvgIpc) is 3.42. The van der Waals surface area contributed by atoms with E-state index in [4.69, 9.17) is 9.05 Å². The number of phosphoric acid groups is 1. The fraction of sp³-hybridized carbons (Fsp3) is 0.768. The fourth-order valence-electron chi connectivity index (χ4n) is 11.3. The molecule has 0 radical (unpaired) electrons. The van der Waals surface area contributed by atoms with Crippen LogP contribution in [0.4, 0.5) is 0 Å². The minimum Gasteiger partial charge on any atom is -0.391 e. The Bertz CT molecular complexity index is 1860. The van der Waals surface area contributed by atoms with Crippen molar-refractivity contribution < 1.29 is 32.9 Å². The first-order valence-electron chi connectivity index (χ1n) is 38.8. The summed E-state index contributed by atoms with van der Waals surface area (Å²) in [5.41, 5.74) is 0. The van der Waals surface area contributed by atoms with Gasteiger partial charge in [-0.15, -0.1) is 0 Å². The number of rotatable bonds is 71. The summed E-state index contributed by atoms with van der Waals surface area (Å²) in [5.74, 6) is -0.150. The van der Waals surface area contributed by atoms with Gasteiger partial charge in [-0.1, -0.05) is 374 Å². The normalized spacial score (nSPS) is 14.1. The summed E-state index contributed by atoms with van der Waals surface area (Å²) in [4.78, 5) is 23.5. The number of phosphoric ester groups is 1. The van der Waals surface area contributed by atoms with Crippen molar-refractivity contribution in [3.63, 3.8) is 0 Å². The largest absolute Gasteiger partial charge is 0.472 e. The van der Waals surface area contributed by atoms with Gasteiger partial charge in [0.2, 0.25) is 5.91 Å². The molecule has 3 N–H and O–H groups in total. The molecular formula is C82H150N2O6P+. The van der Waals surface area contributed by atoms with Gasteiger partial charge in [0.1, 0.15) is 13.2 Å². The first-order valence-corrected chi connectivity index (χ1v) is 40.2. The second-order valence-corrected chi connectivity index (χ2v) is 28.8. The molecule has 91 heavy (non-hydrogen) atoms. The van der Waals surface area contributed by atoms with E-state index in [1.165, 1.54) is 225 Å². The smallest absolute Gasteiger partial charge is 0.391 e. The highest BCUT2D eigenvalue weighted by atomic mass is 31.2. The number of nitrogens with zero attached hydrogens (tertiary/aromatic N) is 1. The van der Waals surface area contributed by atoms with Gasteiger partial charge in [-0.3, -0.25) is 13.8 Å². The second-order valence-electron chi connectivity index (χ2n) is 27.4. The molecule has 0 aromatic rings. The molecule has 0 rings (SSSR count). The van der Waals surface area contributed by atoms with Gasteiger partial charge in [0.25, 0.3) is 0 Å². The number of likely N-dealkylation sites (N-methyl/N-ethyl adjacent to an activating group) is 1. The predicted molar refractivity (Wildman–Crippen MR) is 401 cm³/mol. The number of aliphatic hydroxyl groups excluding tert-OH is 1. The number of hydrogen-bond donors (Lipinski definition) is 3. The quantitative estimate of drug-likeness (QED) is 0.0243. The molecule has 0 aliphatic carbocycles. The summed E-state index contributed by atoms with van der Waals surface area (Å²) in [6.45, 7) is 4.80. The molecule has 3 atom stereocenters. The number of carbonyl (C=O) groups is 1. The van der Waals surface area contributed by atoms with E-state index in [1.807, 2.05) is 21.1 Å². The lowest BCUT2D eigenvalue weighted by Gasteiger charge is -2.26. The minimum atomic E-state index is -4.34. The third-order valence-corrected chi connectivity index (χ3v) is 18.3. The molecule has 1 amide bonds. The third-order valence-electron chi connectivity index (χ3n) is 17.3. The number of amides is 1. The van der Waals surface area contributed by atoms with Crippen LogP contribution in [0, 0.1) is 0 Å². The van der Waals surface area contributed by atoms with E-state index in [0.29, 0.717) is 23.9 Å². The zero-order chi connectivity index (χ0) is 66.2. The van der Waals surface area contributed by atoms with Crippen LogP contribution in [0.15, 0.2) is 109 Å². The Balaban J connectivity index is 4.04. The van der Waals surface area contributed by atoms with E-state index in [0.717, 1.165) is 103 Å². The van der Waals surface area contributed by atoms with Gasteiger partial charge >= 0.3 is 7.82 Å². The van der Waals surface area contributed by atoms with Crippen LogP contribution < -0.4 is 5.32 Å². The van der Waals surface area contributed by atoms with E-state index in [2.05, 4.69) is 129 Å². The van der Waals surface area contributed by atoms with Crippen LogP contribution in [-0.2, 0) is 18.4 Å². The van der Waals surface area contributed by atoms with Crippen molar-refractivity contribution in [2.24, 2.45) is 0 Å². The lowest BCUT2D eigenvalue weighted by molar-refractivity contribution is -0.870. The molecule has 0 aromatic carbocycles. The molecule has 3 unspecified atom stereocenters. The standard InChI is InChI=1S/C82H149N2O6P/c1-6-8-10-12-14-16-18-20-22-24-26-28-30-32-34-36-38-40-41-42-43-44-46-48-50-52-54-56-58-60-62-64-66-68-70-72-74-76-82(86)83-80(79-90-91(87,88)89-78-77-84(3,4)5)81(85)75-73-71-69-67-65-63-61-59-57-55-53-51-49-47-45-39-37-35-33-31-29-27-25-23-21-19-17-15-13-11-9-7-2/h8,10,14,16,20,22,26,28,32,34,38,40,42-43,46,48,52,54,80-81,85H,6-7,9,11-13,15,17-19,21,23-25,27,29-31,33,35-37,39,41,44-45,47,49-51,53,55-79H2,1-5H3,(H-,83,86,87,88)/p+1/b10-8-,16-14-,22-20-,28-26-,34-32-,40-38-,43-42-,48-46-,54-52-. The fourth-order valence-corrected chi connectivity index (χ4v) is 12.1. The molecule has 9 heteroatoms. The summed E-state index contributed by atoms with van der Waals surface area (Å²) in [6, 6.07) is -0.774. The molecule has 0 saturated carbocycles. The molecular weight excluding hydrogens is 1140 g/mol. The van der Waals surface area contributed by atoms with E-state index in [1.54, 1.807) is 0 Å². The molecule has 528 valence electrons. The van der Waals surface area contributed by atoms with E-state index in [9.17, 15) is 19.4 Å². The van der Waals surface area contributed by atoms with Crippen molar-refractivity contribution in [2.75, 3.05) is 40.9 Å². The summed E-state index contributed by atoms with van der Waals surface area (Å²) in [6.07, 6.45) is 105. The highest BCUT2D eigenvalue weighted by Gasteiger charge is 2.28. The first kappa shape index (κ1) is 88.2. The molecule has 0 heterocycles. The van der Waals surface area contributed by atoms with Crippen LogP contribution in [-0.4, -0.2) is 73.4 Å². The van der Waals surface area contributed by atoms with Gasteiger partial charge in [0, 0.05) is 6.42 Å². The molecule has 8 nitrogen and oxygen atoms in total. The zero-order valence-corrected chi connectivity index (χ0v) is 61.5. The lowest BCUT2D eigenvalue weighted by Crippen LogP contribution is -2.46. The molecule has 0 fully saturated rings. The topological polar surface area (TPSA) is 105 Å². The Kier molecular flexibility index (Phi) is 69.2. The van der Waals surface area contributed by atoms with Gasteiger partial charge in [-0.2, -0.15) is 0 Å². The SMILES string of the molecule is CC/C=C\C/C=C\C/C=C\C/C=C\C/C=C\C/C=C\C/C=C\C/C=C\C/C=C\CCCCCCCCCCCC(=O)NC(COP(=O)(O)OCC[N+](C)(C)C)C(O)CCCCCCCCCCCCCCCCCCCCCCCCCCCCCCCCCC. The van der Waals surface area contributed by atoms with Crippen molar-refractivity contribution in [3.8, 4) is 0 Å². The lowest BCUT2D eigenvalue weighted by atomic mass is 10.0. The van der Waals surface area contributed by atoms with E-state index >= 15 is 0 Å². The molecule has 0 aromatic heterocycles. The van der Waals surface area contributed by atoms with Crippen LogP contribution in [0.1, 0.15) is 354 Å². The summed E-state index contributed by atoms with van der Waals surface area (Å²) >= 11 is 0. The van der Waals surface area contributed by atoms with Crippen LogP contribution in [0.3, 0.4) is 0 Å². The number of allylic oxidation sites excluding steroid dienone is 18. The van der Waals surface area contributed by atoms with Gasteiger partial charge in [-0.05, 0) is 83.5 Å². The van der Waals surface area contributed by atoms with Crippen molar-refractivity contribution in [2.45, 2.75) is 366 Å². The molecule has 0 aliphatic rings. The Labute approximate surface area is 565 Å². The summed E-state index contributed by atoms with van der Waals surface area (Å²) in [5, 5.41) is 14.2. The number of hydrogen-bond acceptors (Lipinski definition) is 5. The second kappa shape index (κ2) is 71.5. The number of aliphatic hydroxyl groups is 1. The monoisotopic (exact) mass is 1290 g/mol. The highest BCUT2D eigenvalue weighted by molar-refractivity contribution is 7.47. The van der Waals surface area contributed by atoms with E-state index in [-0.39, 0.29) is 19.1 Å². The highest BCUT2D eigenvalue weighted by Crippen LogP contribution is 2.43. The molecule has 0 bridgehead atoms. The summed E-state index contributed by atoms with van der Waals surface area (Å²) in [7, 11) is 1.61. The number of unbranched alkanes of at least 4 members (excludes halogenated alkanes) is 40. The van der Waals surface area contributed by atoms with Crippen LogP contribution >= 0.6 is 7.82 Å². The maximum Gasteiger partial charge on any atom is 0.472 e. The molecule has 0 aliphatic heterocycles. The maximum atomic E-state index is 13.1. The number of quaternary nitrogens is 1. The van der Waals surface area contributed by atoms with Crippen LogP contribution in [0.5, 0.6) is 0 Å². The first-order chi connectivity index (χ1) is 44.5. The van der Waals surface area contributed by atoms with Crippen molar-refractivity contribution >= 4 is 13.7 Å². The number of nitrogens with one attached hydrogen (secondary N) is 1. The number of carbonyl (C=O) groups excluding carboxylic acids is 1. The Morgan fingerprint density at radius 2 is 0.659 bits per heavy atom. The van der Waals surface area contributed by atoms with Gasteiger partial charge in [-0.25, -0.2) is 4.57 Å². The maximum absolute atomic E-state index is 13.1. The van der Waals surface area contributed by atoms with Gasteiger partial charge in [0.15, 0.2) is 0 Å². The minimum absolute atomic E-state index is 0.0694. The van der Waals surface area contributed by atoms with Crippen LogP contribution in [0.25, 0.3) is 0 Å². The third kappa shape index (κ3) is 74.4. The summed E-state index contributed by atoms with van der Waals surface area (Å²) < 4.78 is 23.9. The molecule has 0 spiro atoms. The average molecular weight is 1290 g/mol. The van der Waals surface area contributed by atoms with Crippen molar-refractivity contribution in [1.29, 1.82) is 0 Å². The molecule has 0 saturated heterocycles. The van der Waals surface area contributed by atoms with Crippen molar-refractivity contribution in [3.05, 3.63) is 109 Å². The zero-order valence-electron chi connectivity index (χ0n) is 60.6. The van der Waals surface area contributed by atoms with E-state index < -0.39 is 20.0 Å². The Morgan fingerprint density at radius 1 is 0.385 bits per heavy atom. The van der Waals surface area contributed by atoms with Gasteiger partial charge < -0.3 is 19.8 Å². The Morgan fingerprint density at radius 3 is 0.967 bits per heavy atom. The van der Waals surface area contributed by atoms with Gasteiger partial charge in [0.05, 0.1) is 39.9 Å². The van der Waals surface area contributed by atoms with Crippen molar-refractivity contribution in [1.82, 2.24) is 5.32 Å². The Hall–Kier alpha value is -2.84.